The fourth-order valence-electron chi connectivity index (χ4n) is 10.4. The summed E-state index contributed by atoms with van der Waals surface area (Å²) in [5.74, 6) is -2.68. The van der Waals surface area contributed by atoms with E-state index in [0.29, 0.717) is 29.7 Å². The largest absolute Gasteiger partial charge is 0.514 e. The van der Waals surface area contributed by atoms with Gasteiger partial charge in [-0.25, -0.2) is 9.59 Å². The second-order valence-electron chi connectivity index (χ2n) is 16.4. The molecule has 2 aromatic rings. The van der Waals surface area contributed by atoms with Crippen LogP contribution < -0.4 is 4.74 Å². The van der Waals surface area contributed by atoms with E-state index in [4.69, 9.17) is 28.4 Å². The Kier molecular flexibility index (Phi) is 10.4. The maximum absolute atomic E-state index is 15.1. The average molecular weight is 750 g/mol. The minimum atomic E-state index is -1.52. The van der Waals surface area contributed by atoms with Gasteiger partial charge in [-0.05, 0) is 54.5 Å². The molecule has 6 rings (SSSR count). The van der Waals surface area contributed by atoms with Gasteiger partial charge in [0.15, 0.2) is 5.78 Å². The van der Waals surface area contributed by atoms with Gasteiger partial charge in [0.1, 0.15) is 18.0 Å². The lowest BCUT2D eigenvalue weighted by Crippen LogP contribution is -2.75. The van der Waals surface area contributed by atoms with Gasteiger partial charge in [0, 0.05) is 55.9 Å². The Bertz CT molecular complexity index is 1830. The fourth-order valence-corrected chi connectivity index (χ4v) is 10.4. The number of nitro groups is 1. The van der Waals surface area contributed by atoms with Crippen LogP contribution >= 0.6 is 0 Å². The molecule has 1 saturated heterocycles. The van der Waals surface area contributed by atoms with Gasteiger partial charge >= 0.3 is 12.1 Å². The molecule has 54 heavy (non-hydrogen) atoms. The van der Waals surface area contributed by atoms with Crippen molar-refractivity contribution in [3.05, 3.63) is 81.4 Å². The van der Waals surface area contributed by atoms with Crippen LogP contribution in [0.4, 0.5) is 10.5 Å². The van der Waals surface area contributed by atoms with Crippen LogP contribution in [-0.4, -0.2) is 84.9 Å². The molecule has 4 aliphatic rings. The molecule has 1 heterocycles. The van der Waals surface area contributed by atoms with Crippen molar-refractivity contribution in [3.63, 3.8) is 0 Å². The van der Waals surface area contributed by atoms with Crippen LogP contribution in [0.3, 0.4) is 0 Å². The summed E-state index contributed by atoms with van der Waals surface area (Å²) in [4.78, 5) is 53.1. The summed E-state index contributed by atoms with van der Waals surface area (Å²) >= 11 is 0. The van der Waals surface area contributed by atoms with E-state index in [2.05, 4.69) is 6.92 Å². The van der Waals surface area contributed by atoms with Gasteiger partial charge in [-0.1, -0.05) is 65.0 Å². The second kappa shape index (κ2) is 14.2. The molecule has 1 N–H and O–H groups in total. The van der Waals surface area contributed by atoms with Crippen LogP contribution in [0.2, 0.25) is 0 Å². The van der Waals surface area contributed by atoms with Gasteiger partial charge in [-0.15, -0.1) is 0 Å². The lowest BCUT2D eigenvalue weighted by molar-refractivity contribution is -0.384. The second-order valence-corrected chi connectivity index (χ2v) is 16.4. The standard InChI is InChI=1S/C41H51NO12/c1-22(25-13-11-10-12-14-25)32(54-37(45)52-27-17-15-26(16-18-27)42(47)48)36(44)53-28-20-41(46)24(3)34-39(6)21-51-29(39)19-30(49-8)40(34,7)35(43)33(50-9)31(23(28)2)38(41,4)5/h10-18,22,24,28-30,32-34,46H,19-21H2,1-9H3/t22-,24-,28-,29+,30-,32+,33+,34+,39+,40+,41+/m0/s1. The van der Waals surface area contributed by atoms with Gasteiger partial charge in [0.25, 0.3) is 5.69 Å². The first kappa shape index (κ1) is 39.5. The number of benzene rings is 2. The molecular formula is C41H51NO12. The number of hydrogen-bond donors (Lipinski definition) is 1. The van der Waals surface area contributed by atoms with Gasteiger partial charge < -0.3 is 33.5 Å². The number of rotatable bonds is 9. The molecular weight excluding hydrogens is 698 g/mol. The minimum absolute atomic E-state index is 0.00161. The summed E-state index contributed by atoms with van der Waals surface area (Å²) in [6.45, 7) is 13.8. The Morgan fingerprint density at radius 1 is 1.02 bits per heavy atom. The third kappa shape index (κ3) is 6.04. The molecule has 2 saturated carbocycles. The van der Waals surface area contributed by atoms with Crippen LogP contribution in [0.25, 0.3) is 0 Å². The Labute approximate surface area is 315 Å². The minimum Gasteiger partial charge on any atom is -0.455 e. The third-order valence-electron chi connectivity index (χ3n) is 13.5. The van der Waals surface area contributed by atoms with E-state index in [-0.39, 0.29) is 29.7 Å². The van der Waals surface area contributed by atoms with Gasteiger partial charge in [-0.2, -0.15) is 0 Å². The molecule has 13 heteroatoms. The molecule has 0 unspecified atom stereocenters. The summed E-state index contributed by atoms with van der Waals surface area (Å²) in [5, 5.41) is 24.3. The third-order valence-corrected chi connectivity index (χ3v) is 13.5. The Balaban J connectivity index is 1.38. The van der Waals surface area contributed by atoms with E-state index in [1.54, 1.807) is 45.2 Å². The number of carbonyl (C=O) groups excluding carboxylic acids is 3. The maximum Gasteiger partial charge on any atom is 0.514 e. The van der Waals surface area contributed by atoms with Crippen molar-refractivity contribution in [1.82, 2.24) is 0 Å². The van der Waals surface area contributed by atoms with Gasteiger partial charge in [0.2, 0.25) is 6.10 Å². The summed E-state index contributed by atoms with van der Waals surface area (Å²) in [7, 11) is 3.07. The number of fused-ring (bicyclic) bond motifs is 5. The first-order chi connectivity index (χ1) is 25.4. The number of ketones is 1. The van der Waals surface area contributed by atoms with Crippen molar-refractivity contribution in [2.75, 3.05) is 20.8 Å². The molecule has 2 bridgehead atoms. The molecule has 3 aliphatic carbocycles. The number of hydrogen-bond acceptors (Lipinski definition) is 12. The summed E-state index contributed by atoms with van der Waals surface area (Å²) in [6.07, 6.45) is -4.95. The molecule has 1 aliphatic heterocycles. The number of nitro benzene ring substituents is 1. The van der Waals surface area contributed by atoms with Crippen LogP contribution in [0.5, 0.6) is 5.75 Å². The van der Waals surface area contributed by atoms with E-state index >= 15 is 4.79 Å². The lowest BCUT2D eigenvalue weighted by Gasteiger charge is -2.69. The maximum atomic E-state index is 15.1. The zero-order valence-electron chi connectivity index (χ0n) is 32.3. The van der Waals surface area contributed by atoms with E-state index in [1.165, 1.54) is 31.4 Å². The van der Waals surface area contributed by atoms with Crippen LogP contribution in [-0.2, 0) is 33.3 Å². The molecule has 3 fully saturated rings. The molecule has 0 aromatic heterocycles. The highest BCUT2D eigenvalue weighted by molar-refractivity contribution is 5.93. The Morgan fingerprint density at radius 3 is 2.22 bits per heavy atom. The van der Waals surface area contributed by atoms with Crippen molar-refractivity contribution in [2.45, 2.75) is 103 Å². The predicted octanol–water partition coefficient (Wildman–Crippen LogP) is 6.35. The normalized spacial score (nSPS) is 35.2. The number of aliphatic hydroxyl groups is 1. The highest BCUT2D eigenvalue weighted by Gasteiger charge is 2.73. The van der Waals surface area contributed by atoms with Crippen molar-refractivity contribution in [1.29, 1.82) is 0 Å². The summed E-state index contributed by atoms with van der Waals surface area (Å²) in [5.41, 5.74) is -2.44. The van der Waals surface area contributed by atoms with Gasteiger partial charge in [-0.3, -0.25) is 14.9 Å². The number of esters is 1. The first-order valence-electron chi connectivity index (χ1n) is 18.4. The highest BCUT2D eigenvalue weighted by atomic mass is 16.7. The van der Waals surface area contributed by atoms with E-state index < -0.39 is 81.1 Å². The fraction of sp³-hybridized carbons (Fsp3) is 0.585. The lowest BCUT2D eigenvalue weighted by atomic mass is 9.40. The molecule has 0 spiro atoms. The first-order valence-corrected chi connectivity index (χ1v) is 18.4. The van der Waals surface area contributed by atoms with Gasteiger partial charge in [0.05, 0.1) is 34.8 Å². The monoisotopic (exact) mass is 749 g/mol. The van der Waals surface area contributed by atoms with E-state index in [0.717, 1.165) is 0 Å². The number of carbonyl (C=O) groups is 3. The number of ether oxygens (including phenoxy) is 6. The van der Waals surface area contributed by atoms with E-state index in [1.807, 2.05) is 33.8 Å². The zero-order valence-corrected chi connectivity index (χ0v) is 32.3. The number of non-ortho nitro benzene ring substituents is 1. The molecule has 292 valence electrons. The SMILES string of the molecule is CO[C@H]1C(=O)[C@]2(C)[C@@H](OC)C[C@H]3OC[C@@]3(C)[C@H]2[C@H](C)[C@]2(O)C[C@H](OC(=O)[C@H](OC(=O)Oc3ccc([N+](=O)[O-])cc3)[C@@H](C)c3ccccc3)C(C)=C1C2(C)C. The predicted molar refractivity (Wildman–Crippen MR) is 195 cm³/mol. The molecule has 0 amide bonds. The molecule has 2 aromatic carbocycles. The van der Waals surface area contributed by atoms with Crippen molar-refractivity contribution < 1.29 is 52.8 Å². The van der Waals surface area contributed by atoms with Crippen molar-refractivity contribution in [2.24, 2.45) is 28.1 Å². The highest BCUT2D eigenvalue weighted by Crippen LogP contribution is 2.67. The molecule has 13 nitrogen and oxygen atoms in total. The zero-order chi connectivity index (χ0) is 39.5. The van der Waals surface area contributed by atoms with Crippen LogP contribution in [0.1, 0.15) is 72.8 Å². The Morgan fingerprint density at radius 2 is 1.67 bits per heavy atom. The smallest absolute Gasteiger partial charge is 0.455 e. The molecule has 0 radical (unpaired) electrons. The van der Waals surface area contributed by atoms with Crippen molar-refractivity contribution in [3.8, 4) is 5.75 Å². The number of nitrogens with zero attached hydrogens (tertiary/aromatic N) is 1. The van der Waals surface area contributed by atoms with E-state index in [9.17, 15) is 24.8 Å². The van der Waals surface area contributed by atoms with Crippen LogP contribution in [0, 0.1) is 38.2 Å². The summed E-state index contributed by atoms with van der Waals surface area (Å²) < 4.78 is 35.5. The van der Waals surface area contributed by atoms with Crippen LogP contribution in [0.15, 0.2) is 65.7 Å². The Hall–Kier alpha value is -4.17. The summed E-state index contributed by atoms with van der Waals surface area (Å²) in [6, 6.07) is 13.8. The number of methoxy groups -OCH3 is 2. The average Bonchev–Trinajstić information content (AvgIpc) is 3.13. The quantitative estimate of drug-likeness (QED) is 0.0992. The molecule has 11 atom stereocenters. The topological polar surface area (TPSA) is 170 Å². The number of Topliss-reactive ketones (excluding diaryl/α,β-unsaturated/α-hetero) is 1. The van der Waals surface area contributed by atoms with Crippen molar-refractivity contribution >= 4 is 23.6 Å².